The molecule has 0 amide bonds. The molecule has 0 radical (unpaired) electrons. The Labute approximate surface area is 149 Å². The van der Waals surface area contributed by atoms with Crippen molar-refractivity contribution in [2.24, 2.45) is 0 Å². The van der Waals surface area contributed by atoms with Crippen molar-refractivity contribution in [2.45, 2.75) is 0 Å². The molecule has 0 spiro atoms. The molecular weight excluding hydrogens is 321 g/mol. The molecule has 1 aliphatic heterocycles. The highest BCUT2D eigenvalue weighted by molar-refractivity contribution is 7.57. The normalized spacial score (nSPS) is 15.5. The molecule has 2 heteroatoms. The van der Waals surface area contributed by atoms with E-state index >= 15 is 0 Å². The SMILES string of the molecule is C=[P+]1C=C(c2ccccc2)C(c2ccccc2)=C(c2ccccc2)N1. The lowest BCUT2D eigenvalue weighted by Crippen LogP contribution is -2.10. The van der Waals surface area contributed by atoms with Gasteiger partial charge < -0.3 is 0 Å². The molecule has 3 aromatic rings. The van der Waals surface area contributed by atoms with Crippen LogP contribution in [0.4, 0.5) is 0 Å². The summed E-state index contributed by atoms with van der Waals surface area (Å²) in [6.45, 7) is 0. The second-order valence-electron chi connectivity index (χ2n) is 5.97. The molecule has 1 atom stereocenters. The predicted molar refractivity (Wildman–Crippen MR) is 111 cm³/mol. The first kappa shape index (κ1) is 15.6. The summed E-state index contributed by atoms with van der Waals surface area (Å²) in [4.78, 5) is 0. The standard InChI is InChI=1S/C23H19NP/c1-25-17-21(18-11-5-2-6-12-18)22(19-13-7-3-8-14-19)23(24-25)20-15-9-4-10-16-20/h2-17,24H,1H2/q+1. The van der Waals surface area contributed by atoms with Crippen molar-refractivity contribution in [3.05, 3.63) is 114 Å². The average Bonchev–Trinajstić information content (AvgIpc) is 2.69. The Kier molecular flexibility index (Phi) is 4.33. The van der Waals surface area contributed by atoms with Gasteiger partial charge in [-0.2, -0.15) is 0 Å². The second-order valence-corrected chi connectivity index (χ2v) is 7.39. The van der Waals surface area contributed by atoms with Crippen molar-refractivity contribution in [1.29, 1.82) is 0 Å². The third-order valence-electron chi connectivity index (χ3n) is 4.27. The minimum Gasteiger partial charge on any atom is -0.208 e. The van der Waals surface area contributed by atoms with Gasteiger partial charge in [0.1, 0.15) is 12.1 Å². The summed E-state index contributed by atoms with van der Waals surface area (Å²) in [7, 11) is -0.654. The lowest BCUT2D eigenvalue weighted by atomic mass is 9.90. The minimum absolute atomic E-state index is 0.654. The van der Waals surface area contributed by atoms with Gasteiger partial charge in [0, 0.05) is 16.7 Å². The Morgan fingerprint density at radius 3 is 1.64 bits per heavy atom. The van der Waals surface area contributed by atoms with Gasteiger partial charge >= 0.3 is 0 Å². The number of benzene rings is 3. The summed E-state index contributed by atoms with van der Waals surface area (Å²) in [5, 5.41) is 3.64. The Morgan fingerprint density at radius 1 is 0.600 bits per heavy atom. The molecule has 25 heavy (non-hydrogen) atoms. The lowest BCUT2D eigenvalue weighted by molar-refractivity contribution is 1.38. The van der Waals surface area contributed by atoms with Gasteiger partial charge in [0.2, 0.25) is 7.70 Å². The second kappa shape index (κ2) is 6.93. The zero-order valence-electron chi connectivity index (χ0n) is 13.9. The highest BCUT2D eigenvalue weighted by atomic mass is 31.1. The zero-order chi connectivity index (χ0) is 17.1. The van der Waals surface area contributed by atoms with Gasteiger partial charge in [-0.15, -0.1) is 0 Å². The van der Waals surface area contributed by atoms with E-state index in [0.717, 1.165) is 5.70 Å². The van der Waals surface area contributed by atoms with E-state index in [4.69, 9.17) is 0 Å². The van der Waals surface area contributed by atoms with Crippen LogP contribution in [0.5, 0.6) is 0 Å². The van der Waals surface area contributed by atoms with Crippen LogP contribution in [0.3, 0.4) is 0 Å². The summed E-state index contributed by atoms with van der Waals surface area (Å²) in [6.07, 6.45) is 4.32. The van der Waals surface area contributed by atoms with Crippen molar-refractivity contribution in [2.75, 3.05) is 0 Å². The molecule has 4 rings (SSSR count). The molecule has 0 aromatic heterocycles. The maximum Gasteiger partial charge on any atom is 0.232 e. The molecule has 1 nitrogen and oxygen atoms in total. The van der Waals surface area contributed by atoms with Crippen LogP contribution in [-0.4, -0.2) is 6.30 Å². The Bertz CT molecular complexity index is 955. The molecule has 1 unspecified atom stereocenters. The topological polar surface area (TPSA) is 12.0 Å². The summed E-state index contributed by atoms with van der Waals surface area (Å²) in [5.41, 5.74) is 7.29. The van der Waals surface area contributed by atoms with Gasteiger partial charge in [-0.1, -0.05) is 91.0 Å². The summed E-state index contributed by atoms with van der Waals surface area (Å²) in [6, 6.07) is 31.7. The van der Waals surface area contributed by atoms with Crippen LogP contribution in [0.25, 0.3) is 16.8 Å². The molecule has 0 bridgehead atoms. The first-order chi connectivity index (χ1) is 12.3. The molecule has 0 saturated heterocycles. The molecule has 0 fully saturated rings. The fourth-order valence-electron chi connectivity index (χ4n) is 3.14. The Morgan fingerprint density at radius 2 is 1.08 bits per heavy atom. The maximum absolute atomic E-state index is 4.32. The average molecular weight is 340 g/mol. The van der Waals surface area contributed by atoms with Crippen molar-refractivity contribution >= 4 is 30.8 Å². The maximum atomic E-state index is 4.32. The van der Waals surface area contributed by atoms with Gasteiger partial charge in [0.15, 0.2) is 0 Å². The molecule has 0 saturated carbocycles. The van der Waals surface area contributed by atoms with Crippen LogP contribution in [0.1, 0.15) is 16.7 Å². The number of allylic oxidation sites excluding steroid dienone is 2. The van der Waals surface area contributed by atoms with Gasteiger partial charge in [0.25, 0.3) is 0 Å². The van der Waals surface area contributed by atoms with Crippen molar-refractivity contribution in [1.82, 2.24) is 5.09 Å². The minimum atomic E-state index is -0.654. The molecule has 3 aromatic carbocycles. The number of nitrogens with one attached hydrogen (secondary N) is 1. The molecule has 1 heterocycles. The first-order valence-corrected chi connectivity index (χ1v) is 9.91. The number of hydrogen-bond donors (Lipinski definition) is 1. The van der Waals surface area contributed by atoms with Crippen LogP contribution >= 0.6 is 7.70 Å². The van der Waals surface area contributed by atoms with E-state index in [1.54, 1.807) is 0 Å². The summed E-state index contributed by atoms with van der Waals surface area (Å²) in [5.74, 6) is 2.28. The van der Waals surface area contributed by atoms with Gasteiger partial charge in [-0.3, -0.25) is 0 Å². The van der Waals surface area contributed by atoms with Gasteiger partial charge in [-0.05, 0) is 11.1 Å². The number of rotatable bonds is 3. The van der Waals surface area contributed by atoms with Crippen LogP contribution in [0, 0.1) is 0 Å². The third-order valence-corrected chi connectivity index (χ3v) is 5.35. The van der Waals surface area contributed by atoms with E-state index in [1.165, 1.54) is 27.8 Å². The highest BCUT2D eigenvalue weighted by Crippen LogP contribution is 2.44. The third kappa shape index (κ3) is 3.20. The molecule has 1 aliphatic rings. The fraction of sp³-hybridized carbons (Fsp3) is 0. The van der Waals surface area contributed by atoms with Gasteiger partial charge in [-0.25, -0.2) is 5.09 Å². The zero-order valence-corrected chi connectivity index (χ0v) is 14.8. The van der Waals surface area contributed by atoms with Gasteiger partial charge in [0.05, 0.1) is 5.70 Å². The van der Waals surface area contributed by atoms with Crippen molar-refractivity contribution in [3.63, 3.8) is 0 Å². The van der Waals surface area contributed by atoms with Crippen LogP contribution in [0.2, 0.25) is 0 Å². The largest absolute Gasteiger partial charge is 0.232 e. The molecule has 120 valence electrons. The highest BCUT2D eigenvalue weighted by Gasteiger charge is 2.26. The number of hydrogen-bond acceptors (Lipinski definition) is 1. The first-order valence-electron chi connectivity index (χ1n) is 8.32. The van der Waals surface area contributed by atoms with Crippen LogP contribution < -0.4 is 5.09 Å². The van der Waals surface area contributed by atoms with Crippen molar-refractivity contribution < 1.29 is 0 Å². The van der Waals surface area contributed by atoms with Crippen molar-refractivity contribution in [3.8, 4) is 0 Å². The molecule has 0 aliphatic carbocycles. The molecule has 1 N–H and O–H groups in total. The Balaban J connectivity index is 1.99. The van der Waals surface area contributed by atoms with E-state index in [-0.39, 0.29) is 0 Å². The van der Waals surface area contributed by atoms with E-state index < -0.39 is 7.70 Å². The monoisotopic (exact) mass is 340 g/mol. The predicted octanol–water partition coefficient (Wildman–Crippen LogP) is 6.03. The van der Waals surface area contributed by atoms with E-state index in [0.29, 0.717) is 0 Å². The quantitative estimate of drug-likeness (QED) is 0.574. The molecular formula is C23H19NP+. The summed E-state index contributed by atoms with van der Waals surface area (Å²) < 4.78 is 0. The fourth-order valence-corrected chi connectivity index (χ4v) is 4.32. The lowest BCUT2D eigenvalue weighted by Gasteiger charge is -2.20. The summed E-state index contributed by atoms with van der Waals surface area (Å²) >= 11 is 0. The van der Waals surface area contributed by atoms with E-state index in [1.807, 2.05) is 0 Å². The van der Waals surface area contributed by atoms with Crippen LogP contribution in [-0.2, 0) is 0 Å². The van der Waals surface area contributed by atoms with Crippen LogP contribution in [0.15, 0.2) is 96.8 Å². The van der Waals surface area contributed by atoms with E-state index in [9.17, 15) is 0 Å². The van der Waals surface area contributed by atoms with E-state index in [2.05, 4.69) is 108 Å². The smallest absolute Gasteiger partial charge is 0.208 e. The Hall–Kier alpha value is -2.89.